The van der Waals surface area contributed by atoms with Crippen LogP contribution >= 0.6 is 11.6 Å². The molecule has 1 aromatic heterocycles. The molecule has 1 aromatic rings. The summed E-state index contributed by atoms with van der Waals surface area (Å²) in [5.74, 6) is 0. The zero-order valence-corrected chi connectivity index (χ0v) is 9.06. The van der Waals surface area contributed by atoms with E-state index >= 15 is 0 Å². The molecule has 0 saturated heterocycles. The van der Waals surface area contributed by atoms with Crippen LogP contribution in [0, 0.1) is 11.3 Å². The number of aromatic nitrogens is 1. The van der Waals surface area contributed by atoms with Crippen molar-refractivity contribution in [2.45, 2.75) is 11.3 Å². The molecule has 0 radical (unpaired) electrons. The molecule has 0 aliphatic rings. The Hall–Kier alpha value is -1.30. The van der Waals surface area contributed by atoms with Crippen molar-refractivity contribution in [3.05, 3.63) is 22.5 Å². The molecule has 1 rings (SSSR count). The van der Waals surface area contributed by atoms with E-state index in [4.69, 9.17) is 22.0 Å². The van der Waals surface area contributed by atoms with Gasteiger partial charge in [-0.15, -0.1) is 0 Å². The minimum atomic E-state index is -4.30. The SMILES string of the molecule is N#Cc1c(S(N)(=O)=O)cnc(Cl)c1C(F)F. The Balaban J connectivity index is 3.72. The predicted octanol–water partition coefficient (Wildman–Crippen LogP) is 1.19. The van der Waals surface area contributed by atoms with Crippen molar-refractivity contribution in [2.24, 2.45) is 5.14 Å². The first-order chi connectivity index (χ1) is 7.29. The van der Waals surface area contributed by atoms with Gasteiger partial charge in [-0.25, -0.2) is 27.3 Å². The molecule has 9 heteroatoms. The predicted molar refractivity (Wildman–Crippen MR) is 50.3 cm³/mol. The van der Waals surface area contributed by atoms with Gasteiger partial charge >= 0.3 is 0 Å². The van der Waals surface area contributed by atoms with Crippen LogP contribution in [0.5, 0.6) is 0 Å². The smallest absolute Gasteiger partial charge is 0.243 e. The lowest BCUT2D eigenvalue weighted by molar-refractivity contribution is 0.150. The summed E-state index contributed by atoms with van der Waals surface area (Å²) in [6.07, 6.45) is -2.45. The number of nitriles is 1. The van der Waals surface area contributed by atoms with Crippen LogP contribution in [-0.4, -0.2) is 13.4 Å². The molecule has 0 amide bonds. The fraction of sp³-hybridized carbons (Fsp3) is 0.143. The Morgan fingerprint density at radius 3 is 2.50 bits per heavy atom. The summed E-state index contributed by atoms with van der Waals surface area (Å²) in [6.45, 7) is 0. The number of primary sulfonamides is 1. The van der Waals surface area contributed by atoms with E-state index in [0.29, 0.717) is 6.20 Å². The lowest BCUT2D eigenvalue weighted by Gasteiger charge is -2.07. The van der Waals surface area contributed by atoms with Gasteiger partial charge in [0, 0.05) is 0 Å². The largest absolute Gasteiger partial charge is 0.268 e. The van der Waals surface area contributed by atoms with Gasteiger partial charge in [-0.1, -0.05) is 11.6 Å². The quantitative estimate of drug-likeness (QED) is 0.814. The van der Waals surface area contributed by atoms with Gasteiger partial charge in [0.25, 0.3) is 6.43 Å². The lowest BCUT2D eigenvalue weighted by atomic mass is 10.1. The second kappa shape index (κ2) is 4.29. The maximum Gasteiger partial charge on any atom is 0.268 e. The molecule has 0 fully saturated rings. The van der Waals surface area contributed by atoms with Gasteiger partial charge in [-0.05, 0) is 0 Å². The molecule has 86 valence electrons. The van der Waals surface area contributed by atoms with Crippen molar-refractivity contribution in [3.8, 4) is 6.07 Å². The Morgan fingerprint density at radius 2 is 2.12 bits per heavy atom. The molecule has 5 nitrogen and oxygen atoms in total. The van der Waals surface area contributed by atoms with E-state index < -0.39 is 37.6 Å². The maximum atomic E-state index is 12.5. The Labute approximate surface area is 94.5 Å². The number of rotatable bonds is 2. The molecule has 0 unspecified atom stereocenters. The van der Waals surface area contributed by atoms with Crippen molar-refractivity contribution >= 4 is 21.6 Å². The molecule has 2 N–H and O–H groups in total. The third kappa shape index (κ3) is 2.27. The topological polar surface area (TPSA) is 96.8 Å². The summed E-state index contributed by atoms with van der Waals surface area (Å²) >= 11 is 5.35. The third-order valence-electron chi connectivity index (χ3n) is 1.67. The molecule has 0 aromatic carbocycles. The van der Waals surface area contributed by atoms with Crippen LogP contribution in [0.3, 0.4) is 0 Å². The minimum absolute atomic E-state index is 0.626. The highest BCUT2D eigenvalue weighted by Gasteiger charge is 2.25. The van der Waals surface area contributed by atoms with E-state index in [1.54, 1.807) is 0 Å². The summed E-state index contributed by atoms with van der Waals surface area (Å²) < 4.78 is 47.1. The van der Waals surface area contributed by atoms with Crippen LogP contribution in [0.1, 0.15) is 17.6 Å². The first-order valence-electron chi connectivity index (χ1n) is 3.68. The monoisotopic (exact) mass is 267 g/mol. The second-order valence-electron chi connectivity index (χ2n) is 2.66. The van der Waals surface area contributed by atoms with Gasteiger partial charge in [0.1, 0.15) is 16.1 Å². The number of nitrogens with zero attached hydrogens (tertiary/aromatic N) is 2. The number of hydrogen-bond acceptors (Lipinski definition) is 4. The third-order valence-corrected chi connectivity index (χ3v) is 2.89. The molecule has 0 spiro atoms. The molecular formula is C7H4ClF2N3O2S. The van der Waals surface area contributed by atoms with Gasteiger partial charge in [0.2, 0.25) is 10.0 Å². The van der Waals surface area contributed by atoms with E-state index in [9.17, 15) is 17.2 Å². The second-order valence-corrected chi connectivity index (χ2v) is 4.55. The van der Waals surface area contributed by atoms with Crippen molar-refractivity contribution in [1.29, 1.82) is 5.26 Å². The van der Waals surface area contributed by atoms with Gasteiger partial charge in [-0.2, -0.15) is 5.26 Å². The summed E-state index contributed by atoms with van der Waals surface area (Å²) in [7, 11) is -4.30. The molecule has 0 aliphatic carbocycles. The Bertz CT molecular complexity index is 568. The summed E-state index contributed by atoms with van der Waals surface area (Å²) in [6, 6.07) is 1.33. The van der Waals surface area contributed by atoms with Crippen LogP contribution in [0.4, 0.5) is 8.78 Å². The Morgan fingerprint density at radius 1 is 1.56 bits per heavy atom. The zero-order chi connectivity index (χ0) is 12.5. The van der Waals surface area contributed by atoms with Gasteiger partial charge in [-0.3, -0.25) is 0 Å². The number of alkyl halides is 2. The van der Waals surface area contributed by atoms with Crippen molar-refractivity contribution in [1.82, 2.24) is 4.98 Å². The fourth-order valence-electron chi connectivity index (χ4n) is 1.02. The highest BCUT2D eigenvalue weighted by Crippen LogP contribution is 2.31. The van der Waals surface area contributed by atoms with Crippen molar-refractivity contribution in [2.75, 3.05) is 0 Å². The van der Waals surface area contributed by atoms with Crippen LogP contribution < -0.4 is 5.14 Å². The Kier molecular flexibility index (Phi) is 3.42. The van der Waals surface area contributed by atoms with E-state index in [0.717, 1.165) is 0 Å². The molecular weight excluding hydrogens is 264 g/mol. The molecule has 0 aliphatic heterocycles. The number of nitrogens with two attached hydrogens (primary N) is 1. The molecule has 16 heavy (non-hydrogen) atoms. The normalized spacial score (nSPS) is 11.5. The lowest BCUT2D eigenvalue weighted by Crippen LogP contribution is -2.15. The average molecular weight is 268 g/mol. The number of halogens is 3. The summed E-state index contributed by atoms with van der Waals surface area (Å²) in [5, 5.41) is 12.8. The van der Waals surface area contributed by atoms with Crippen LogP contribution in [-0.2, 0) is 10.0 Å². The summed E-state index contributed by atoms with van der Waals surface area (Å²) in [4.78, 5) is 2.48. The van der Waals surface area contributed by atoms with Gasteiger partial charge in [0.15, 0.2) is 0 Å². The van der Waals surface area contributed by atoms with E-state index in [2.05, 4.69) is 4.98 Å². The molecule has 0 bridgehead atoms. The summed E-state index contributed by atoms with van der Waals surface area (Å²) in [5.41, 5.74) is -1.71. The molecule has 0 saturated carbocycles. The first kappa shape index (κ1) is 12.8. The first-order valence-corrected chi connectivity index (χ1v) is 5.61. The van der Waals surface area contributed by atoms with Crippen LogP contribution in [0.2, 0.25) is 5.15 Å². The van der Waals surface area contributed by atoms with Gasteiger partial charge < -0.3 is 0 Å². The standard InChI is InChI=1S/C7H4ClF2N3O2S/c8-6-5(7(9)10)3(1-11)4(2-13-6)16(12,14)15/h2,7H,(H2,12,14,15). The fourth-order valence-corrected chi connectivity index (χ4v) is 1.88. The highest BCUT2D eigenvalue weighted by molar-refractivity contribution is 7.89. The van der Waals surface area contributed by atoms with Gasteiger partial charge in [0.05, 0.1) is 17.3 Å². The number of pyridine rings is 1. The molecule has 1 heterocycles. The molecule has 0 atom stereocenters. The van der Waals surface area contributed by atoms with Crippen LogP contribution in [0.15, 0.2) is 11.1 Å². The van der Waals surface area contributed by atoms with E-state index in [-0.39, 0.29) is 0 Å². The highest BCUT2D eigenvalue weighted by atomic mass is 35.5. The maximum absolute atomic E-state index is 12.5. The van der Waals surface area contributed by atoms with Crippen LogP contribution in [0.25, 0.3) is 0 Å². The van der Waals surface area contributed by atoms with Crippen molar-refractivity contribution in [3.63, 3.8) is 0 Å². The number of sulfonamides is 1. The average Bonchev–Trinajstić information content (AvgIpc) is 2.14. The van der Waals surface area contributed by atoms with E-state index in [1.807, 2.05) is 0 Å². The number of hydrogen-bond donors (Lipinski definition) is 1. The zero-order valence-electron chi connectivity index (χ0n) is 7.49. The van der Waals surface area contributed by atoms with Crippen molar-refractivity contribution < 1.29 is 17.2 Å². The van der Waals surface area contributed by atoms with E-state index in [1.165, 1.54) is 6.07 Å². The minimum Gasteiger partial charge on any atom is -0.243 e.